The summed E-state index contributed by atoms with van der Waals surface area (Å²) in [6.07, 6.45) is 7.89. The minimum Gasteiger partial charge on any atom is -0.491 e. The topological polar surface area (TPSA) is 49.0 Å². The van der Waals surface area contributed by atoms with Crippen LogP contribution in [0.3, 0.4) is 0 Å². The summed E-state index contributed by atoms with van der Waals surface area (Å²) >= 11 is 0. The first kappa shape index (κ1) is 22.1. The number of hydrazine groups is 2. The van der Waals surface area contributed by atoms with Gasteiger partial charge in [-0.2, -0.15) is 0 Å². The maximum Gasteiger partial charge on any atom is 0.153 e. The Morgan fingerprint density at radius 1 is 0.656 bits per heavy atom. The fourth-order valence-electron chi connectivity index (χ4n) is 3.06. The summed E-state index contributed by atoms with van der Waals surface area (Å²) in [4.78, 5) is 2.01. The third-order valence-corrected chi connectivity index (χ3v) is 6.95. The van der Waals surface area contributed by atoms with E-state index in [2.05, 4.69) is 10.9 Å². The molecular formula is C24H26N4O2S2. The molecule has 2 aromatic carbocycles. The van der Waals surface area contributed by atoms with Crippen LogP contribution in [0.1, 0.15) is 13.8 Å². The van der Waals surface area contributed by atoms with E-state index in [1.807, 2.05) is 109 Å². The van der Waals surface area contributed by atoms with Crippen molar-refractivity contribution < 1.29 is 9.47 Å². The lowest BCUT2D eigenvalue weighted by atomic mass is 10.3. The molecule has 2 N–H and O–H groups in total. The van der Waals surface area contributed by atoms with E-state index < -0.39 is 0 Å². The molecule has 0 saturated carbocycles. The van der Waals surface area contributed by atoms with Gasteiger partial charge < -0.3 is 20.3 Å². The third kappa shape index (κ3) is 5.38. The Morgan fingerprint density at radius 2 is 1.06 bits per heavy atom. The van der Waals surface area contributed by atoms with Gasteiger partial charge in [0, 0.05) is 12.4 Å². The van der Waals surface area contributed by atoms with E-state index in [0.29, 0.717) is 13.2 Å². The second-order valence-electron chi connectivity index (χ2n) is 6.71. The predicted octanol–water partition coefficient (Wildman–Crippen LogP) is 5.86. The first-order chi connectivity index (χ1) is 15.8. The van der Waals surface area contributed by atoms with Crippen molar-refractivity contribution in [2.45, 2.75) is 13.8 Å². The summed E-state index contributed by atoms with van der Waals surface area (Å²) < 4.78 is 11.8. The van der Waals surface area contributed by atoms with Crippen LogP contribution in [-0.2, 0) is 9.47 Å². The zero-order chi connectivity index (χ0) is 22.2. The van der Waals surface area contributed by atoms with Crippen molar-refractivity contribution in [1.29, 1.82) is 0 Å². The van der Waals surface area contributed by atoms with Gasteiger partial charge in [0.25, 0.3) is 0 Å². The van der Waals surface area contributed by atoms with E-state index in [9.17, 15) is 0 Å². The molecule has 32 heavy (non-hydrogen) atoms. The van der Waals surface area contributed by atoms with Gasteiger partial charge in [0.2, 0.25) is 0 Å². The number of ether oxygens (including phenoxy) is 2. The van der Waals surface area contributed by atoms with Crippen LogP contribution >= 0.6 is 21.6 Å². The number of para-hydroxylation sites is 2. The predicted molar refractivity (Wildman–Crippen MR) is 135 cm³/mol. The summed E-state index contributed by atoms with van der Waals surface area (Å²) in [6, 6.07) is 20.2. The number of hydrogen-bond donors (Lipinski definition) is 2. The molecule has 2 aliphatic heterocycles. The zero-order valence-electron chi connectivity index (χ0n) is 18.0. The van der Waals surface area contributed by atoms with Crippen LogP contribution in [0.15, 0.2) is 107 Å². The Kier molecular flexibility index (Phi) is 7.58. The number of benzene rings is 2. The molecule has 0 aliphatic carbocycles. The molecule has 0 amide bonds. The third-order valence-electron chi connectivity index (χ3n) is 4.54. The quantitative estimate of drug-likeness (QED) is 0.446. The van der Waals surface area contributed by atoms with Crippen molar-refractivity contribution in [1.82, 2.24) is 10.9 Å². The largest absolute Gasteiger partial charge is 0.491 e. The first-order valence-corrected chi connectivity index (χ1v) is 12.6. The molecule has 0 bridgehead atoms. The molecule has 0 fully saturated rings. The van der Waals surface area contributed by atoms with Crippen molar-refractivity contribution in [3.8, 4) is 0 Å². The van der Waals surface area contributed by atoms with E-state index in [0.717, 1.165) is 32.7 Å². The number of rotatable bonds is 9. The maximum atomic E-state index is 5.92. The van der Waals surface area contributed by atoms with Crippen molar-refractivity contribution >= 4 is 33.0 Å². The molecule has 0 saturated heterocycles. The van der Waals surface area contributed by atoms with Gasteiger partial charge in [-0.1, -0.05) is 36.4 Å². The van der Waals surface area contributed by atoms with E-state index in [4.69, 9.17) is 9.47 Å². The summed E-state index contributed by atoms with van der Waals surface area (Å²) in [6.45, 7) is 5.18. The summed E-state index contributed by atoms with van der Waals surface area (Å²) in [5.74, 6) is 1.65. The maximum absolute atomic E-state index is 5.92. The van der Waals surface area contributed by atoms with Crippen LogP contribution in [0.5, 0.6) is 0 Å². The van der Waals surface area contributed by atoms with Gasteiger partial charge in [0.15, 0.2) is 11.5 Å². The monoisotopic (exact) mass is 466 g/mol. The smallest absolute Gasteiger partial charge is 0.153 e. The SMILES string of the molecule is CCOC1=CN(c2ccccc2)NC=C1SSC1=CNN(c2ccccc2)C=C1OCC. The van der Waals surface area contributed by atoms with Gasteiger partial charge in [-0.3, -0.25) is 10.0 Å². The highest BCUT2D eigenvalue weighted by atomic mass is 33.1. The normalized spacial score (nSPS) is 15.6. The Labute approximate surface area is 197 Å². The van der Waals surface area contributed by atoms with Gasteiger partial charge in [0.1, 0.15) is 0 Å². The Hall–Kier alpha value is -3.10. The highest BCUT2D eigenvalue weighted by Gasteiger charge is 2.21. The van der Waals surface area contributed by atoms with Crippen molar-refractivity contribution in [2.75, 3.05) is 23.2 Å². The van der Waals surface area contributed by atoms with Crippen LogP contribution in [0.4, 0.5) is 11.4 Å². The van der Waals surface area contributed by atoms with Crippen LogP contribution in [0.2, 0.25) is 0 Å². The van der Waals surface area contributed by atoms with Crippen LogP contribution in [0, 0.1) is 0 Å². The lowest BCUT2D eigenvalue weighted by molar-refractivity contribution is 0.238. The van der Waals surface area contributed by atoms with Crippen molar-refractivity contribution in [3.05, 3.63) is 107 Å². The molecule has 0 radical (unpaired) electrons. The number of anilines is 2. The minimum absolute atomic E-state index is 0.595. The number of nitrogens with zero attached hydrogens (tertiary/aromatic N) is 2. The summed E-state index contributed by atoms with van der Waals surface area (Å²) in [5.41, 5.74) is 8.72. The molecule has 0 aromatic heterocycles. The van der Waals surface area contributed by atoms with E-state index in [-0.39, 0.29) is 0 Å². The molecule has 4 rings (SSSR count). The number of hydrogen-bond acceptors (Lipinski definition) is 8. The van der Waals surface area contributed by atoms with Crippen molar-refractivity contribution in [3.63, 3.8) is 0 Å². The Morgan fingerprint density at radius 3 is 1.44 bits per heavy atom. The average molecular weight is 467 g/mol. The minimum atomic E-state index is 0.595. The second kappa shape index (κ2) is 11.0. The highest BCUT2D eigenvalue weighted by molar-refractivity contribution is 8.79. The van der Waals surface area contributed by atoms with Gasteiger partial charge in [-0.25, -0.2) is 0 Å². The Bertz CT molecular complexity index is 939. The van der Waals surface area contributed by atoms with E-state index in [1.165, 1.54) is 0 Å². The fourth-order valence-corrected chi connectivity index (χ4v) is 5.15. The van der Waals surface area contributed by atoms with Crippen molar-refractivity contribution in [2.24, 2.45) is 0 Å². The number of nitrogens with one attached hydrogen (secondary N) is 2. The summed E-state index contributed by atoms with van der Waals surface area (Å²) in [7, 11) is 3.25. The lowest BCUT2D eigenvalue weighted by Gasteiger charge is -2.28. The van der Waals surface area contributed by atoms with Gasteiger partial charge in [-0.05, 0) is 59.7 Å². The summed E-state index contributed by atoms with van der Waals surface area (Å²) in [5, 5.41) is 3.90. The second-order valence-corrected chi connectivity index (χ2v) is 8.92. The fraction of sp³-hybridized carbons (Fsp3) is 0.167. The molecule has 0 atom stereocenters. The molecular weight excluding hydrogens is 440 g/mol. The van der Waals surface area contributed by atoms with Gasteiger partial charge >= 0.3 is 0 Å². The Balaban J connectivity index is 1.45. The van der Waals surface area contributed by atoms with E-state index >= 15 is 0 Å². The van der Waals surface area contributed by atoms with Crippen LogP contribution in [0.25, 0.3) is 0 Å². The standard InChI is InChI=1S/C24H26N4O2S2/c1-3-29-21-17-27(19-11-7-5-8-12-19)25-15-23(21)31-32-24-16-26-28(18-22(24)30-4-2)20-13-9-6-10-14-20/h5-18,25-26H,3-4H2,1-2H3. The molecule has 8 heteroatoms. The molecule has 0 unspecified atom stereocenters. The van der Waals surface area contributed by atoms with Crippen LogP contribution < -0.4 is 20.9 Å². The van der Waals surface area contributed by atoms with Crippen LogP contribution in [-0.4, -0.2) is 13.2 Å². The van der Waals surface area contributed by atoms with E-state index in [1.54, 1.807) is 21.6 Å². The molecule has 2 aromatic rings. The molecule has 2 aliphatic rings. The molecule has 0 spiro atoms. The zero-order valence-corrected chi connectivity index (χ0v) is 19.7. The lowest BCUT2D eigenvalue weighted by Crippen LogP contribution is -2.33. The van der Waals surface area contributed by atoms with Gasteiger partial charge in [0.05, 0.1) is 46.8 Å². The molecule has 166 valence electrons. The highest BCUT2D eigenvalue weighted by Crippen LogP contribution is 2.44. The molecule has 6 nitrogen and oxygen atoms in total. The van der Waals surface area contributed by atoms with Gasteiger partial charge in [-0.15, -0.1) is 0 Å². The molecule has 2 heterocycles. The average Bonchev–Trinajstić information content (AvgIpc) is 2.85. The first-order valence-electron chi connectivity index (χ1n) is 10.4.